The molecule has 1 aromatic carbocycles. The van der Waals surface area contributed by atoms with Gasteiger partial charge in [-0.25, -0.2) is 19.2 Å². The van der Waals surface area contributed by atoms with Gasteiger partial charge in [0.05, 0.1) is 24.1 Å². The summed E-state index contributed by atoms with van der Waals surface area (Å²) in [6.45, 7) is -0.145. The summed E-state index contributed by atoms with van der Waals surface area (Å²) in [6.07, 6.45) is 4.15. The van der Waals surface area contributed by atoms with Crippen molar-refractivity contribution in [1.82, 2.24) is 24.6 Å². The molecule has 1 atom stereocenters. The molecular formula is C29H25ClFN5O5. The average Bonchev–Trinajstić information content (AvgIpc) is 3.71. The van der Waals surface area contributed by atoms with Crippen molar-refractivity contribution in [2.45, 2.75) is 31.3 Å². The van der Waals surface area contributed by atoms with Crippen molar-refractivity contribution < 1.29 is 28.2 Å². The minimum Gasteiger partial charge on any atom is -0.481 e. The first kappa shape index (κ1) is 26.7. The van der Waals surface area contributed by atoms with E-state index in [2.05, 4.69) is 10.3 Å². The van der Waals surface area contributed by atoms with Crippen LogP contribution in [0.2, 0.25) is 5.15 Å². The van der Waals surface area contributed by atoms with Crippen LogP contribution in [0, 0.1) is 5.82 Å². The summed E-state index contributed by atoms with van der Waals surface area (Å²) < 4.78 is 27.9. The van der Waals surface area contributed by atoms with Crippen LogP contribution in [-0.2, 0) is 16.0 Å². The molecular weight excluding hydrogens is 553 g/mol. The molecule has 1 N–H and O–H groups in total. The average molecular weight is 578 g/mol. The molecule has 2 aliphatic rings. The summed E-state index contributed by atoms with van der Waals surface area (Å²) >= 11 is 6.27. The highest BCUT2D eigenvalue weighted by molar-refractivity contribution is 6.31. The van der Waals surface area contributed by atoms with E-state index in [0.29, 0.717) is 17.8 Å². The van der Waals surface area contributed by atoms with Crippen molar-refractivity contribution in [1.29, 1.82) is 0 Å². The smallest absolute Gasteiger partial charge is 0.337 e. The first-order chi connectivity index (χ1) is 19.8. The predicted octanol–water partition coefficient (Wildman–Crippen LogP) is 3.75. The van der Waals surface area contributed by atoms with Crippen molar-refractivity contribution in [3.05, 3.63) is 93.9 Å². The van der Waals surface area contributed by atoms with E-state index >= 15 is 4.39 Å². The quantitative estimate of drug-likeness (QED) is 0.263. The molecule has 41 heavy (non-hydrogen) atoms. The van der Waals surface area contributed by atoms with E-state index in [-0.39, 0.29) is 46.2 Å². The second-order valence-corrected chi connectivity index (χ2v) is 10.2. The van der Waals surface area contributed by atoms with E-state index in [1.165, 1.54) is 36.3 Å². The molecule has 4 aromatic rings. The molecule has 210 valence electrons. The summed E-state index contributed by atoms with van der Waals surface area (Å²) in [5.74, 6) is -1.94. The Bertz CT molecular complexity index is 1690. The summed E-state index contributed by atoms with van der Waals surface area (Å²) in [5.41, 5.74) is 2.47. The zero-order valence-electron chi connectivity index (χ0n) is 22.0. The molecule has 1 saturated carbocycles. The van der Waals surface area contributed by atoms with Gasteiger partial charge in [-0.2, -0.15) is 0 Å². The summed E-state index contributed by atoms with van der Waals surface area (Å²) in [7, 11) is 1.22. The van der Waals surface area contributed by atoms with Crippen LogP contribution < -0.4 is 10.1 Å². The number of hydrogen-bond donors (Lipinski definition) is 1. The highest BCUT2D eigenvalue weighted by Crippen LogP contribution is 2.37. The monoisotopic (exact) mass is 577 g/mol. The maximum atomic E-state index is 15.6. The molecule has 1 aliphatic carbocycles. The van der Waals surface area contributed by atoms with E-state index in [9.17, 15) is 14.4 Å². The molecule has 6 rings (SSSR count). The lowest BCUT2D eigenvalue weighted by atomic mass is 9.94. The lowest BCUT2D eigenvalue weighted by Crippen LogP contribution is -2.43. The molecule has 10 nitrogen and oxygen atoms in total. The van der Waals surface area contributed by atoms with Crippen molar-refractivity contribution in [3.8, 4) is 5.75 Å². The van der Waals surface area contributed by atoms with Crippen LogP contribution in [0.25, 0.3) is 5.65 Å². The molecule has 2 amide bonds. The number of esters is 1. The zero-order chi connectivity index (χ0) is 28.7. The number of rotatable bonds is 7. The number of methoxy groups -OCH3 is 1. The standard InChI is InChI=1S/C29H25ClFN5O5/c1-40-29(39)16-5-8-18(19(31)14-16)25-26-20(33-23-4-2-3-12-35(23)26)11-13-36(25)24(37)15-41-22-10-9-21(34-27(22)30)28(38)32-17-6-7-17/h2-5,8-10,12,14,17,25H,6-7,11,13,15H2,1H3,(H,32,38). The Morgan fingerprint density at radius 2 is 1.95 bits per heavy atom. The Hall–Kier alpha value is -4.51. The number of nitrogens with one attached hydrogen (secondary N) is 1. The van der Waals surface area contributed by atoms with Crippen LogP contribution in [0.3, 0.4) is 0 Å². The van der Waals surface area contributed by atoms with Crippen molar-refractivity contribution >= 4 is 35.0 Å². The van der Waals surface area contributed by atoms with Gasteiger partial charge in [-0.05, 0) is 49.2 Å². The highest BCUT2D eigenvalue weighted by atomic mass is 35.5. The van der Waals surface area contributed by atoms with Gasteiger partial charge in [-0.3, -0.25) is 9.59 Å². The van der Waals surface area contributed by atoms with E-state index < -0.39 is 30.3 Å². The van der Waals surface area contributed by atoms with Gasteiger partial charge >= 0.3 is 5.97 Å². The number of aromatic nitrogens is 3. The third-order valence-corrected chi connectivity index (χ3v) is 7.42. The Morgan fingerprint density at radius 1 is 1.12 bits per heavy atom. The lowest BCUT2D eigenvalue weighted by Gasteiger charge is -2.36. The van der Waals surface area contributed by atoms with Crippen molar-refractivity contribution in [2.24, 2.45) is 0 Å². The molecule has 0 spiro atoms. The van der Waals surface area contributed by atoms with Crippen molar-refractivity contribution in [2.75, 3.05) is 20.3 Å². The van der Waals surface area contributed by atoms with Crippen LogP contribution in [-0.4, -0.2) is 63.4 Å². The van der Waals surface area contributed by atoms with Crippen molar-refractivity contribution in [3.63, 3.8) is 0 Å². The molecule has 4 heterocycles. The fourth-order valence-corrected chi connectivity index (χ4v) is 5.19. The fourth-order valence-electron chi connectivity index (χ4n) is 4.98. The summed E-state index contributed by atoms with van der Waals surface area (Å²) in [4.78, 5) is 48.2. The lowest BCUT2D eigenvalue weighted by molar-refractivity contribution is -0.135. The number of ether oxygens (including phenoxy) is 2. The summed E-state index contributed by atoms with van der Waals surface area (Å²) in [5, 5.41) is 2.79. The molecule has 1 fully saturated rings. The van der Waals surface area contributed by atoms with Crippen LogP contribution >= 0.6 is 11.6 Å². The molecule has 0 saturated heterocycles. The maximum Gasteiger partial charge on any atom is 0.337 e. The number of halogens is 2. The molecule has 0 radical (unpaired) electrons. The fraction of sp³-hybridized carbons (Fsp3) is 0.276. The van der Waals surface area contributed by atoms with Gasteiger partial charge in [0.2, 0.25) is 0 Å². The number of imidazole rings is 1. The van der Waals surface area contributed by atoms with Crippen LogP contribution in [0.1, 0.15) is 56.7 Å². The first-order valence-corrected chi connectivity index (χ1v) is 13.4. The van der Waals surface area contributed by atoms with Gasteiger partial charge in [-0.1, -0.05) is 23.7 Å². The van der Waals surface area contributed by atoms with Crippen LogP contribution in [0.15, 0.2) is 54.7 Å². The zero-order valence-corrected chi connectivity index (χ0v) is 22.7. The number of benzene rings is 1. The number of carbonyl (C=O) groups is 3. The molecule has 1 aliphatic heterocycles. The highest BCUT2D eigenvalue weighted by Gasteiger charge is 2.37. The Kier molecular flexibility index (Phi) is 7.04. The molecule has 3 aromatic heterocycles. The number of carbonyl (C=O) groups excluding carboxylic acids is 3. The second kappa shape index (κ2) is 10.8. The molecule has 1 unspecified atom stereocenters. The third kappa shape index (κ3) is 5.20. The first-order valence-electron chi connectivity index (χ1n) is 13.1. The minimum atomic E-state index is -0.846. The SMILES string of the molecule is COC(=O)c1ccc(C2c3c(nc4ccccn34)CCN2C(=O)COc2ccc(C(=O)NC3CC3)nc2Cl)c(F)c1. The number of hydrogen-bond acceptors (Lipinski definition) is 7. The number of amides is 2. The Balaban J connectivity index is 1.29. The maximum absolute atomic E-state index is 15.6. The van der Waals surface area contributed by atoms with Gasteiger partial charge in [0.25, 0.3) is 11.8 Å². The third-order valence-electron chi connectivity index (χ3n) is 7.15. The molecule has 0 bridgehead atoms. The normalized spacial score (nSPS) is 16.3. The van der Waals surface area contributed by atoms with E-state index in [4.69, 9.17) is 26.1 Å². The number of fused-ring (bicyclic) bond motifs is 3. The summed E-state index contributed by atoms with van der Waals surface area (Å²) in [6, 6.07) is 11.9. The largest absolute Gasteiger partial charge is 0.481 e. The predicted molar refractivity (Wildman–Crippen MR) is 145 cm³/mol. The van der Waals surface area contributed by atoms with Gasteiger partial charge in [-0.15, -0.1) is 0 Å². The minimum absolute atomic E-state index is 0.0510. The van der Waals surface area contributed by atoms with Gasteiger partial charge in [0.1, 0.15) is 23.2 Å². The number of nitrogens with zero attached hydrogens (tertiary/aromatic N) is 4. The van der Waals surface area contributed by atoms with Gasteiger partial charge < -0.3 is 24.1 Å². The number of pyridine rings is 2. The van der Waals surface area contributed by atoms with E-state index in [0.717, 1.165) is 24.6 Å². The Morgan fingerprint density at radius 3 is 2.68 bits per heavy atom. The van der Waals surface area contributed by atoms with Gasteiger partial charge in [0, 0.05) is 30.8 Å². The van der Waals surface area contributed by atoms with E-state index in [1.807, 2.05) is 28.8 Å². The van der Waals surface area contributed by atoms with Gasteiger partial charge in [0.15, 0.2) is 17.5 Å². The van der Waals surface area contributed by atoms with E-state index in [1.54, 1.807) is 0 Å². The Labute approximate surface area is 239 Å². The topological polar surface area (TPSA) is 115 Å². The van der Waals surface area contributed by atoms with Crippen LogP contribution in [0.5, 0.6) is 5.75 Å². The second-order valence-electron chi connectivity index (χ2n) is 9.86. The molecule has 12 heteroatoms. The van der Waals surface area contributed by atoms with Crippen LogP contribution in [0.4, 0.5) is 4.39 Å².